The van der Waals surface area contributed by atoms with Gasteiger partial charge in [0.2, 0.25) is 0 Å². The number of hydrogen-bond acceptors (Lipinski definition) is 7. The molecule has 1 amide bonds. The molecule has 3 heterocycles. The van der Waals surface area contributed by atoms with Crippen molar-refractivity contribution in [3.8, 4) is 16.3 Å². The second kappa shape index (κ2) is 10.3. The van der Waals surface area contributed by atoms with Gasteiger partial charge in [0.25, 0.3) is 5.91 Å². The first-order chi connectivity index (χ1) is 15.1. The zero-order valence-corrected chi connectivity index (χ0v) is 19.6. The fourth-order valence-corrected chi connectivity index (χ4v) is 5.42. The van der Waals surface area contributed by atoms with Crippen molar-refractivity contribution in [3.63, 3.8) is 0 Å². The minimum atomic E-state index is -0.0131. The Morgan fingerprint density at radius 3 is 2.61 bits per heavy atom. The predicted molar refractivity (Wildman–Crippen MR) is 129 cm³/mol. The molecule has 1 aliphatic rings. The summed E-state index contributed by atoms with van der Waals surface area (Å²) in [4.78, 5) is 22.7. The molecule has 0 spiro atoms. The van der Waals surface area contributed by atoms with Gasteiger partial charge in [0.05, 0.1) is 12.8 Å². The van der Waals surface area contributed by atoms with Gasteiger partial charge in [-0.2, -0.15) is 11.3 Å². The smallest absolute Gasteiger partial charge is 0.263 e. The molecule has 1 fully saturated rings. The summed E-state index contributed by atoms with van der Waals surface area (Å²) in [5.41, 5.74) is 3.14. The Hall–Kier alpha value is -2.42. The fourth-order valence-electron chi connectivity index (χ4n) is 3.72. The second-order valence-electron chi connectivity index (χ2n) is 7.58. The van der Waals surface area contributed by atoms with E-state index in [4.69, 9.17) is 4.74 Å². The van der Waals surface area contributed by atoms with Crippen molar-refractivity contribution in [2.24, 2.45) is 0 Å². The van der Waals surface area contributed by atoms with Gasteiger partial charge in [-0.25, -0.2) is 4.98 Å². The molecule has 0 unspecified atom stereocenters. The molecule has 0 aliphatic carbocycles. The molecule has 0 atom stereocenters. The summed E-state index contributed by atoms with van der Waals surface area (Å²) in [5, 5.41) is 8.08. The second-order valence-corrected chi connectivity index (χ2v) is 9.36. The maximum atomic E-state index is 12.6. The van der Waals surface area contributed by atoms with Gasteiger partial charge in [-0.1, -0.05) is 0 Å². The number of benzene rings is 1. The van der Waals surface area contributed by atoms with Crippen LogP contribution in [0.5, 0.6) is 5.75 Å². The van der Waals surface area contributed by atoms with Gasteiger partial charge in [-0.15, -0.1) is 11.3 Å². The number of hydrogen-bond donors (Lipinski definition) is 1. The molecule has 31 heavy (non-hydrogen) atoms. The number of amides is 1. The zero-order valence-electron chi connectivity index (χ0n) is 18.0. The third-order valence-corrected chi connectivity index (χ3v) is 7.41. The normalized spacial score (nSPS) is 14.6. The number of anilines is 1. The van der Waals surface area contributed by atoms with Crippen LogP contribution in [0.15, 0.2) is 41.1 Å². The lowest BCUT2D eigenvalue weighted by Gasteiger charge is -2.36. The van der Waals surface area contributed by atoms with E-state index in [-0.39, 0.29) is 5.91 Å². The number of rotatable bonds is 8. The molecule has 164 valence electrons. The first-order valence-corrected chi connectivity index (χ1v) is 12.3. The van der Waals surface area contributed by atoms with Crippen molar-refractivity contribution in [1.29, 1.82) is 0 Å². The topological polar surface area (TPSA) is 57.7 Å². The molecule has 1 N–H and O–H groups in total. The van der Waals surface area contributed by atoms with Crippen molar-refractivity contribution in [3.05, 3.63) is 51.7 Å². The highest BCUT2D eigenvalue weighted by molar-refractivity contribution is 7.17. The monoisotopic (exact) mass is 456 g/mol. The number of nitrogens with one attached hydrogen (secondary N) is 1. The van der Waals surface area contributed by atoms with Crippen LogP contribution >= 0.6 is 22.7 Å². The number of aryl methyl sites for hydroxylation is 1. The highest BCUT2D eigenvalue weighted by Crippen LogP contribution is 2.29. The lowest BCUT2D eigenvalue weighted by atomic mass is 10.2. The van der Waals surface area contributed by atoms with E-state index in [9.17, 15) is 4.79 Å². The number of aromatic nitrogens is 1. The Morgan fingerprint density at radius 1 is 1.16 bits per heavy atom. The minimum absolute atomic E-state index is 0.0131. The number of carbonyl (C=O) groups is 1. The summed E-state index contributed by atoms with van der Waals surface area (Å²) in [6, 6.07) is 10.3. The molecule has 3 aromatic rings. The molecule has 1 saturated heterocycles. The van der Waals surface area contributed by atoms with Gasteiger partial charge in [0.15, 0.2) is 0 Å². The van der Waals surface area contributed by atoms with Crippen molar-refractivity contribution < 1.29 is 9.53 Å². The van der Waals surface area contributed by atoms with Crippen LogP contribution in [-0.2, 0) is 0 Å². The van der Waals surface area contributed by atoms with E-state index in [0.717, 1.165) is 61.2 Å². The number of nitrogens with zero attached hydrogens (tertiary/aromatic N) is 3. The molecule has 0 saturated carbocycles. The molecule has 4 rings (SSSR count). The molecular formula is C23H28N4O2S2. The summed E-state index contributed by atoms with van der Waals surface area (Å²) in [6.07, 6.45) is 0.948. The summed E-state index contributed by atoms with van der Waals surface area (Å²) in [6.45, 7) is 7.70. The minimum Gasteiger partial charge on any atom is -0.497 e. The summed E-state index contributed by atoms with van der Waals surface area (Å²) in [5.74, 6) is 0.876. The Labute approximate surface area is 191 Å². The van der Waals surface area contributed by atoms with Crippen LogP contribution in [0, 0.1) is 6.92 Å². The van der Waals surface area contributed by atoms with E-state index in [1.54, 1.807) is 18.4 Å². The van der Waals surface area contributed by atoms with Crippen LogP contribution in [0.2, 0.25) is 0 Å². The van der Waals surface area contributed by atoms with E-state index in [0.29, 0.717) is 11.4 Å². The Balaban J connectivity index is 1.18. The SMILES string of the molecule is COc1ccc(N2CCN(CCCNC(=O)c3sc(-c4ccsc4)nc3C)CC2)cc1. The summed E-state index contributed by atoms with van der Waals surface area (Å²) in [7, 11) is 1.69. The number of thiophene rings is 1. The molecule has 1 aromatic carbocycles. The highest BCUT2D eigenvalue weighted by atomic mass is 32.1. The molecule has 0 radical (unpaired) electrons. The first-order valence-electron chi connectivity index (χ1n) is 10.5. The standard InChI is InChI=1S/C23H28N4O2S2/c1-17-21(31-23(25-17)18-8-15-30-16-18)22(28)24-9-3-10-26-11-13-27(14-12-26)19-4-6-20(29-2)7-5-19/h4-8,15-16H,3,9-14H2,1-2H3,(H,24,28). The first kappa shape index (κ1) is 21.8. The quantitative estimate of drug-likeness (QED) is 0.517. The van der Waals surface area contributed by atoms with E-state index in [1.807, 2.05) is 30.5 Å². The molecular weight excluding hydrogens is 428 g/mol. The lowest BCUT2D eigenvalue weighted by Crippen LogP contribution is -2.47. The van der Waals surface area contributed by atoms with Crippen molar-refractivity contribution in [1.82, 2.24) is 15.2 Å². The van der Waals surface area contributed by atoms with Gasteiger partial charge in [0, 0.05) is 49.4 Å². The molecule has 2 aromatic heterocycles. The molecule has 8 heteroatoms. The highest BCUT2D eigenvalue weighted by Gasteiger charge is 2.18. The van der Waals surface area contributed by atoms with Crippen LogP contribution in [0.3, 0.4) is 0 Å². The van der Waals surface area contributed by atoms with E-state index >= 15 is 0 Å². The predicted octanol–water partition coefficient (Wildman–Crippen LogP) is 4.13. The van der Waals surface area contributed by atoms with Crippen LogP contribution in [0.25, 0.3) is 10.6 Å². The van der Waals surface area contributed by atoms with E-state index in [1.165, 1.54) is 17.0 Å². The summed E-state index contributed by atoms with van der Waals surface area (Å²) >= 11 is 3.11. The molecule has 0 bridgehead atoms. The largest absolute Gasteiger partial charge is 0.497 e. The van der Waals surface area contributed by atoms with E-state index < -0.39 is 0 Å². The van der Waals surface area contributed by atoms with Gasteiger partial charge in [-0.3, -0.25) is 9.69 Å². The summed E-state index contributed by atoms with van der Waals surface area (Å²) < 4.78 is 5.24. The van der Waals surface area contributed by atoms with Crippen LogP contribution < -0.4 is 15.0 Å². The third kappa shape index (κ3) is 5.44. The Morgan fingerprint density at radius 2 is 1.94 bits per heavy atom. The number of ether oxygens (including phenoxy) is 1. The van der Waals surface area contributed by atoms with Crippen molar-refractivity contribution in [2.45, 2.75) is 13.3 Å². The maximum absolute atomic E-state index is 12.6. The van der Waals surface area contributed by atoms with Crippen molar-refractivity contribution in [2.75, 3.05) is 51.3 Å². The number of carbonyl (C=O) groups excluding carboxylic acids is 1. The Kier molecular flexibility index (Phi) is 7.21. The Bertz CT molecular complexity index is 978. The maximum Gasteiger partial charge on any atom is 0.263 e. The zero-order chi connectivity index (χ0) is 21.6. The average Bonchev–Trinajstić information content (AvgIpc) is 3.47. The van der Waals surface area contributed by atoms with E-state index in [2.05, 4.69) is 37.6 Å². The number of methoxy groups -OCH3 is 1. The van der Waals surface area contributed by atoms with Gasteiger partial charge in [0.1, 0.15) is 15.6 Å². The van der Waals surface area contributed by atoms with Crippen LogP contribution in [-0.4, -0.2) is 62.2 Å². The fraction of sp³-hybridized carbons (Fsp3) is 0.391. The van der Waals surface area contributed by atoms with Gasteiger partial charge >= 0.3 is 0 Å². The van der Waals surface area contributed by atoms with Crippen LogP contribution in [0.1, 0.15) is 21.8 Å². The van der Waals surface area contributed by atoms with Crippen LogP contribution in [0.4, 0.5) is 5.69 Å². The lowest BCUT2D eigenvalue weighted by molar-refractivity contribution is 0.0954. The van der Waals surface area contributed by atoms with Gasteiger partial charge in [-0.05, 0) is 55.6 Å². The third-order valence-electron chi connectivity index (χ3n) is 5.52. The molecule has 1 aliphatic heterocycles. The van der Waals surface area contributed by atoms with Crippen molar-refractivity contribution >= 4 is 34.3 Å². The molecule has 6 nitrogen and oxygen atoms in total. The number of piperazine rings is 1. The number of thiazole rings is 1. The average molecular weight is 457 g/mol. The van der Waals surface area contributed by atoms with Gasteiger partial charge < -0.3 is 15.0 Å².